The summed E-state index contributed by atoms with van der Waals surface area (Å²) in [5, 5.41) is 12.1. The van der Waals surface area contributed by atoms with E-state index in [1.165, 1.54) is 12.1 Å². The standard InChI is InChI=1S/C23H17ClN2O3/c24-19-12-11-18(14-25)20(13-19)26-21(27)15-29-23(28)22(16-7-3-1-4-8-16)17-9-5-2-6-10-17/h1-13,22H,15H2,(H,26,27). The van der Waals surface area contributed by atoms with Gasteiger partial charge in [-0.2, -0.15) is 5.26 Å². The summed E-state index contributed by atoms with van der Waals surface area (Å²) in [6.45, 7) is -0.480. The predicted octanol–water partition coefficient (Wildman–Crippen LogP) is 4.53. The highest BCUT2D eigenvalue weighted by molar-refractivity contribution is 6.31. The number of nitrogens with one attached hydrogen (secondary N) is 1. The second-order valence-electron chi connectivity index (χ2n) is 6.21. The first-order valence-electron chi connectivity index (χ1n) is 8.84. The number of benzene rings is 3. The van der Waals surface area contributed by atoms with Crippen molar-refractivity contribution in [1.82, 2.24) is 0 Å². The van der Waals surface area contributed by atoms with E-state index < -0.39 is 24.4 Å². The fraction of sp³-hybridized carbons (Fsp3) is 0.0870. The first-order chi connectivity index (χ1) is 14.1. The number of amides is 1. The molecule has 0 radical (unpaired) electrons. The minimum Gasteiger partial charge on any atom is -0.455 e. The molecule has 3 aromatic carbocycles. The molecule has 0 unspecified atom stereocenters. The molecule has 1 N–H and O–H groups in total. The van der Waals surface area contributed by atoms with Crippen molar-refractivity contribution >= 4 is 29.2 Å². The maximum absolute atomic E-state index is 12.8. The van der Waals surface area contributed by atoms with E-state index in [0.29, 0.717) is 5.02 Å². The Balaban J connectivity index is 1.72. The molecule has 0 aliphatic carbocycles. The van der Waals surface area contributed by atoms with Crippen molar-refractivity contribution in [3.63, 3.8) is 0 Å². The van der Waals surface area contributed by atoms with Crippen LogP contribution in [0.2, 0.25) is 5.02 Å². The second kappa shape index (κ2) is 9.54. The molecule has 144 valence electrons. The first kappa shape index (κ1) is 20.1. The van der Waals surface area contributed by atoms with Crippen LogP contribution in [-0.2, 0) is 14.3 Å². The molecule has 0 aliphatic rings. The van der Waals surface area contributed by atoms with Crippen LogP contribution in [0.5, 0.6) is 0 Å². The highest BCUT2D eigenvalue weighted by atomic mass is 35.5. The molecule has 6 heteroatoms. The third kappa shape index (κ3) is 5.22. The van der Waals surface area contributed by atoms with Crippen LogP contribution in [0.1, 0.15) is 22.6 Å². The molecule has 0 aromatic heterocycles. The Morgan fingerprint density at radius 2 is 1.55 bits per heavy atom. The number of hydrogen-bond acceptors (Lipinski definition) is 4. The lowest BCUT2D eigenvalue weighted by Crippen LogP contribution is -2.24. The Labute approximate surface area is 173 Å². The summed E-state index contributed by atoms with van der Waals surface area (Å²) in [4.78, 5) is 25.1. The van der Waals surface area contributed by atoms with Crippen LogP contribution >= 0.6 is 11.6 Å². The van der Waals surface area contributed by atoms with Crippen molar-refractivity contribution < 1.29 is 14.3 Å². The Kier molecular flexibility index (Phi) is 6.62. The zero-order chi connectivity index (χ0) is 20.6. The lowest BCUT2D eigenvalue weighted by atomic mass is 9.91. The van der Waals surface area contributed by atoms with Gasteiger partial charge in [-0.3, -0.25) is 9.59 Å². The second-order valence-corrected chi connectivity index (χ2v) is 6.65. The number of rotatable bonds is 6. The van der Waals surface area contributed by atoms with E-state index in [2.05, 4.69) is 5.32 Å². The number of esters is 1. The van der Waals surface area contributed by atoms with Gasteiger partial charge in [0, 0.05) is 5.02 Å². The largest absolute Gasteiger partial charge is 0.455 e. The predicted molar refractivity (Wildman–Crippen MR) is 110 cm³/mol. The average molecular weight is 405 g/mol. The molecule has 0 fully saturated rings. The SMILES string of the molecule is N#Cc1ccc(Cl)cc1NC(=O)COC(=O)C(c1ccccc1)c1ccccc1. The number of carbonyl (C=O) groups is 2. The number of anilines is 1. The van der Waals surface area contributed by atoms with Gasteiger partial charge in [-0.25, -0.2) is 0 Å². The Hall–Kier alpha value is -3.62. The number of carbonyl (C=O) groups excluding carboxylic acids is 2. The number of nitriles is 1. The van der Waals surface area contributed by atoms with Gasteiger partial charge in [-0.1, -0.05) is 72.3 Å². The zero-order valence-corrected chi connectivity index (χ0v) is 16.1. The summed E-state index contributed by atoms with van der Waals surface area (Å²) in [5.74, 6) is -1.74. The van der Waals surface area contributed by atoms with Crippen LogP contribution in [-0.4, -0.2) is 18.5 Å². The highest BCUT2D eigenvalue weighted by Crippen LogP contribution is 2.26. The van der Waals surface area contributed by atoms with Crippen molar-refractivity contribution in [3.05, 3.63) is 101 Å². The molecule has 5 nitrogen and oxygen atoms in total. The molecule has 0 spiro atoms. The molecule has 3 aromatic rings. The van der Waals surface area contributed by atoms with Gasteiger partial charge in [0.2, 0.25) is 0 Å². The Morgan fingerprint density at radius 1 is 0.966 bits per heavy atom. The summed E-state index contributed by atoms with van der Waals surface area (Å²) in [7, 11) is 0. The van der Waals surface area contributed by atoms with Crippen molar-refractivity contribution in [1.29, 1.82) is 5.26 Å². The molecule has 3 rings (SSSR count). The lowest BCUT2D eigenvalue weighted by Gasteiger charge is -2.17. The fourth-order valence-electron chi connectivity index (χ4n) is 2.88. The third-order valence-electron chi connectivity index (χ3n) is 4.22. The number of nitrogens with zero attached hydrogens (tertiary/aromatic N) is 1. The minimum absolute atomic E-state index is 0.264. The van der Waals surface area contributed by atoms with Crippen molar-refractivity contribution in [2.45, 2.75) is 5.92 Å². The van der Waals surface area contributed by atoms with Gasteiger partial charge in [0.15, 0.2) is 6.61 Å². The van der Waals surface area contributed by atoms with E-state index in [4.69, 9.17) is 21.6 Å². The normalized spacial score (nSPS) is 10.2. The molecule has 0 aliphatic heterocycles. The van der Waals surface area contributed by atoms with Crippen LogP contribution in [0.15, 0.2) is 78.9 Å². The smallest absolute Gasteiger partial charge is 0.318 e. The number of ether oxygens (including phenoxy) is 1. The lowest BCUT2D eigenvalue weighted by molar-refractivity contribution is -0.147. The van der Waals surface area contributed by atoms with E-state index in [0.717, 1.165) is 11.1 Å². The molecule has 1 amide bonds. The molecule has 0 heterocycles. The van der Waals surface area contributed by atoms with Crippen LogP contribution in [0, 0.1) is 11.3 Å². The maximum Gasteiger partial charge on any atom is 0.318 e. The summed E-state index contributed by atoms with van der Waals surface area (Å²) in [6.07, 6.45) is 0. The Morgan fingerprint density at radius 3 is 2.10 bits per heavy atom. The minimum atomic E-state index is -0.647. The van der Waals surface area contributed by atoms with Gasteiger partial charge < -0.3 is 10.1 Å². The summed E-state index contributed by atoms with van der Waals surface area (Å²) in [6, 6.07) is 24.9. The fourth-order valence-corrected chi connectivity index (χ4v) is 3.05. The van der Waals surface area contributed by atoms with Gasteiger partial charge in [-0.05, 0) is 29.3 Å². The Bertz CT molecular complexity index is 1010. The van der Waals surface area contributed by atoms with Gasteiger partial charge in [-0.15, -0.1) is 0 Å². The van der Waals surface area contributed by atoms with Crippen LogP contribution in [0.4, 0.5) is 5.69 Å². The molecule has 0 saturated heterocycles. The number of halogens is 1. The molecular weight excluding hydrogens is 388 g/mol. The van der Waals surface area contributed by atoms with Gasteiger partial charge in [0.25, 0.3) is 5.91 Å². The van der Waals surface area contributed by atoms with Crippen LogP contribution in [0.3, 0.4) is 0 Å². The van der Waals surface area contributed by atoms with Gasteiger partial charge in [0.05, 0.1) is 11.3 Å². The molecule has 0 bridgehead atoms. The third-order valence-corrected chi connectivity index (χ3v) is 4.46. The number of hydrogen-bond donors (Lipinski definition) is 1. The van der Waals surface area contributed by atoms with E-state index in [1.807, 2.05) is 66.7 Å². The molecule has 29 heavy (non-hydrogen) atoms. The zero-order valence-electron chi connectivity index (χ0n) is 15.3. The molecule has 0 saturated carbocycles. The van der Waals surface area contributed by atoms with Crippen LogP contribution in [0.25, 0.3) is 0 Å². The first-order valence-corrected chi connectivity index (χ1v) is 9.22. The van der Waals surface area contributed by atoms with Crippen molar-refractivity contribution in [2.75, 3.05) is 11.9 Å². The van der Waals surface area contributed by atoms with Crippen molar-refractivity contribution in [3.8, 4) is 6.07 Å². The quantitative estimate of drug-likeness (QED) is 0.612. The summed E-state index contributed by atoms with van der Waals surface area (Å²) in [5.41, 5.74) is 2.07. The highest BCUT2D eigenvalue weighted by Gasteiger charge is 2.25. The van der Waals surface area contributed by atoms with Crippen molar-refractivity contribution in [2.24, 2.45) is 0 Å². The topological polar surface area (TPSA) is 79.2 Å². The van der Waals surface area contributed by atoms with Gasteiger partial charge >= 0.3 is 5.97 Å². The van der Waals surface area contributed by atoms with Crippen LogP contribution < -0.4 is 5.32 Å². The van der Waals surface area contributed by atoms with E-state index >= 15 is 0 Å². The average Bonchev–Trinajstić information content (AvgIpc) is 2.74. The maximum atomic E-state index is 12.8. The summed E-state index contributed by atoms with van der Waals surface area (Å²) < 4.78 is 5.28. The molecule has 0 atom stereocenters. The van der Waals surface area contributed by atoms with E-state index in [9.17, 15) is 9.59 Å². The van der Waals surface area contributed by atoms with Gasteiger partial charge in [0.1, 0.15) is 12.0 Å². The molecular formula is C23H17ClN2O3. The van der Waals surface area contributed by atoms with E-state index in [1.54, 1.807) is 6.07 Å². The summed E-state index contributed by atoms with van der Waals surface area (Å²) >= 11 is 5.92. The van der Waals surface area contributed by atoms with E-state index in [-0.39, 0.29) is 11.3 Å². The monoisotopic (exact) mass is 404 g/mol.